The van der Waals surface area contributed by atoms with Crippen molar-refractivity contribution in [1.82, 2.24) is 5.32 Å². The average molecular weight is 408 g/mol. The molecule has 0 bridgehead atoms. The van der Waals surface area contributed by atoms with Gasteiger partial charge in [0.1, 0.15) is 5.82 Å². The normalized spacial score (nSPS) is 12.2. The molecule has 0 aliphatic carbocycles. The standard InChI is InChI=1S/C19H21FN2O5S/c1-13(27-18(23)12-15-2-6-16(20)7-3-15)19(24)22-11-10-14-4-8-17(9-5-14)28(21,25)26/h2-9,13H,10-12H2,1H3,(H,22,24)(H2,21,25,26). The molecular formula is C19H21FN2O5S. The van der Waals surface area contributed by atoms with E-state index >= 15 is 0 Å². The van der Waals surface area contributed by atoms with Crippen molar-refractivity contribution in [3.8, 4) is 0 Å². The number of hydrogen-bond acceptors (Lipinski definition) is 5. The van der Waals surface area contributed by atoms with Crippen molar-refractivity contribution in [1.29, 1.82) is 0 Å². The van der Waals surface area contributed by atoms with Gasteiger partial charge in [0.2, 0.25) is 10.0 Å². The summed E-state index contributed by atoms with van der Waals surface area (Å²) in [5.41, 5.74) is 1.40. The van der Waals surface area contributed by atoms with E-state index in [1.165, 1.54) is 43.3 Å². The van der Waals surface area contributed by atoms with Crippen molar-refractivity contribution in [2.75, 3.05) is 6.54 Å². The highest BCUT2D eigenvalue weighted by Gasteiger charge is 2.17. The first kappa shape index (κ1) is 21.5. The number of halogens is 1. The Balaban J connectivity index is 1.76. The second kappa shape index (κ2) is 9.43. The molecule has 0 saturated heterocycles. The quantitative estimate of drug-likeness (QED) is 0.639. The first-order valence-electron chi connectivity index (χ1n) is 8.48. The van der Waals surface area contributed by atoms with Gasteiger partial charge in [-0.05, 0) is 48.7 Å². The molecule has 2 aromatic carbocycles. The zero-order valence-electron chi connectivity index (χ0n) is 15.2. The summed E-state index contributed by atoms with van der Waals surface area (Å²) in [5.74, 6) is -1.44. The molecule has 7 nitrogen and oxygen atoms in total. The maximum atomic E-state index is 12.9. The summed E-state index contributed by atoms with van der Waals surface area (Å²) < 4.78 is 40.3. The molecule has 0 saturated carbocycles. The molecule has 1 unspecified atom stereocenters. The Hall–Kier alpha value is -2.78. The van der Waals surface area contributed by atoms with Crippen LogP contribution in [-0.4, -0.2) is 32.9 Å². The Morgan fingerprint density at radius 2 is 1.64 bits per heavy atom. The lowest BCUT2D eigenvalue weighted by Crippen LogP contribution is -2.37. The SMILES string of the molecule is CC(OC(=O)Cc1ccc(F)cc1)C(=O)NCCc1ccc(S(N)(=O)=O)cc1. The Bertz CT molecular complexity index is 928. The summed E-state index contributed by atoms with van der Waals surface area (Å²) in [5, 5.41) is 7.68. The Kier molecular flexibility index (Phi) is 7.24. The lowest BCUT2D eigenvalue weighted by atomic mass is 10.1. The molecule has 0 heterocycles. The summed E-state index contributed by atoms with van der Waals surface area (Å²) in [7, 11) is -3.74. The van der Waals surface area contributed by atoms with Gasteiger partial charge in [0.05, 0.1) is 11.3 Å². The van der Waals surface area contributed by atoms with Gasteiger partial charge in [0.15, 0.2) is 6.10 Å². The van der Waals surface area contributed by atoms with E-state index in [4.69, 9.17) is 9.88 Å². The Labute approximate surface area is 162 Å². The van der Waals surface area contributed by atoms with E-state index in [0.29, 0.717) is 12.0 Å². The zero-order chi connectivity index (χ0) is 20.7. The van der Waals surface area contributed by atoms with Crippen LogP contribution < -0.4 is 10.5 Å². The molecule has 1 amide bonds. The summed E-state index contributed by atoms with van der Waals surface area (Å²) >= 11 is 0. The van der Waals surface area contributed by atoms with Gasteiger partial charge in [-0.25, -0.2) is 17.9 Å². The minimum absolute atomic E-state index is 0.0157. The highest BCUT2D eigenvalue weighted by molar-refractivity contribution is 7.89. The molecule has 2 aromatic rings. The van der Waals surface area contributed by atoms with Crippen molar-refractivity contribution >= 4 is 21.9 Å². The average Bonchev–Trinajstić information content (AvgIpc) is 2.63. The van der Waals surface area contributed by atoms with Crippen LogP contribution in [0.25, 0.3) is 0 Å². The van der Waals surface area contributed by atoms with Crippen LogP contribution in [0.2, 0.25) is 0 Å². The van der Waals surface area contributed by atoms with Gasteiger partial charge in [0.25, 0.3) is 5.91 Å². The smallest absolute Gasteiger partial charge is 0.311 e. The van der Waals surface area contributed by atoms with Gasteiger partial charge < -0.3 is 10.1 Å². The van der Waals surface area contributed by atoms with Crippen LogP contribution in [0.5, 0.6) is 0 Å². The Morgan fingerprint density at radius 1 is 1.07 bits per heavy atom. The molecule has 3 N–H and O–H groups in total. The van der Waals surface area contributed by atoms with Crippen LogP contribution in [0.3, 0.4) is 0 Å². The number of carbonyl (C=O) groups is 2. The third kappa shape index (κ3) is 6.75. The third-order valence-corrected chi connectivity index (χ3v) is 4.83. The minimum Gasteiger partial charge on any atom is -0.452 e. The molecule has 0 aromatic heterocycles. The number of primary sulfonamides is 1. The second-order valence-corrected chi connectivity index (χ2v) is 7.73. The van der Waals surface area contributed by atoms with E-state index in [2.05, 4.69) is 5.32 Å². The number of carbonyl (C=O) groups excluding carboxylic acids is 2. The van der Waals surface area contributed by atoms with E-state index in [-0.39, 0.29) is 17.9 Å². The van der Waals surface area contributed by atoms with Gasteiger partial charge in [-0.1, -0.05) is 24.3 Å². The molecule has 150 valence electrons. The molecule has 0 radical (unpaired) electrons. The van der Waals surface area contributed by atoms with Crippen molar-refractivity contribution in [2.45, 2.75) is 30.8 Å². The summed E-state index contributed by atoms with van der Waals surface area (Å²) in [4.78, 5) is 23.9. The van der Waals surface area contributed by atoms with Crippen molar-refractivity contribution in [2.24, 2.45) is 5.14 Å². The molecule has 0 aliphatic heterocycles. The first-order chi connectivity index (χ1) is 13.1. The number of sulfonamides is 1. The minimum atomic E-state index is -3.74. The predicted molar refractivity (Wildman–Crippen MR) is 100 cm³/mol. The van der Waals surface area contributed by atoms with Crippen LogP contribution in [0, 0.1) is 5.82 Å². The Morgan fingerprint density at radius 3 is 2.21 bits per heavy atom. The number of nitrogens with two attached hydrogens (primary N) is 1. The van der Waals surface area contributed by atoms with E-state index < -0.39 is 33.8 Å². The van der Waals surface area contributed by atoms with Gasteiger partial charge in [0, 0.05) is 6.54 Å². The first-order valence-corrected chi connectivity index (χ1v) is 10.0. The number of rotatable bonds is 8. The number of amides is 1. The molecule has 0 fully saturated rings. The van der Waals surface area contributed by atoms with Crippen molar-refractivity contribution in [3.05, 3.63) is 65.5 Å². The van der Waals surface area contributed by atoms with Crippen LogP contribution in [0.4, 0.5) is 4.39 Å². The molecular weight excluding hydrogens is 387 g/mol. The lowest BCUT2D eigenvalue weighted by Gasteiger charge is -2.13. The fraction of sp³-hybridized carbons (Fsp3) is 0.263. The van der Waals surface area contributed by atoms with Crippen LogP contribution >= 0.6 is 0 Å². The number of hydrogen-bond donors (Lipinski definition) is 2. The molecule has 2 rings (SSSR count). The zero-order valence-corrected chi connectivity index (χ0v) is 16.0. The maximum absolute atomic E-state index is 12.9. The summed E-state index contributed by atoms with van der Waals surface area (Å²) in [6.07, 6.45) is -0.570. The van der Waals surface area contributed by atoms with Gasteiger partial charge in [-0.3, -0.25) is 9.59 Å². The maximum Gasteiger partial charge on any atom is 0.311 e. The largest absolute Gasteiger partial charge is 0.452 e. The number of nitrogens with one attached hydrogen (secondary N) is 1. The van der Waals surface area contributed by atoms with Gasteiger partial charge >= 0.3 is 5.97 Å². The fourth-order valence-electron chi connectivity index (χ4n) is 2.38. The molecule has 9 heteroatoms. The van der Waals surface area contributed by atoms with E-state index in [1.54, 1.807) is 12.1 Å². The summed E-state index contributed by atoms with van der Waals surface area (Å²) in [6.45, 7) is 1.74. The highest BCUT2D eigenvalue weighted by Crippen LogP contribution is 2.09. The second-order valence-electron chi connectivity index (χ2n) is 6.17. The number of esters is 1. The molecule has 28 heavy (non-hydrogen) atoms. The van der Waals surface area contributed by atoms with E-state index in [9.17, 15) is 22.4 Å². The van der Waals surface area contributed by atoms with Crippen molar-refractivity contribution < 1.29 is 27.1 Å². The summed E-state index contributed by atoms with van der Waals surface area (Å²) in [6, 6.07) is 11.4. The molecule has 0 aliphatic rings. The topological polar surface area (TPSA) is 116 Å². The van der Waals surface area contributed by atoms with Gasteiger partial charge in [-0.15, -0.1) is 0 Å². The van der Waals surface area contributed by atoms with E-state index in [1.807, 2.05) is 0 Å². The van der Waals surface area contributed by atoms with E-state index in [0.717, 1.165) is 5.56 Å². The number of benzene rings is 2. The monoisotopic (exact) mass is 408 g/mol. The third-order valence-electron chi connectivity index (χ3n) is 3.90. The highest BCUT2D eigenvalue weighted by atomic mass is 32.2. The van der Waals surface area contributed by atoms with Crippen LogP contribution in [-0.2, 0) is 37.2 Å². The molecule has 0 spiro atoms. The van der Waals surface area contributed by atoms with Crippen molar-refractivity contribution in [3.63, 3.8) is 0 Å². The fourth-order valence-corrected chi connectivity index (χ4v) is 2.90. The van der Waals surface area contributed by atoms with Gasteiger partial charge in [-0.2, -0.15) is 0 Å². The van der Waals surface area contributed by atoms with Crippen LogP contribution in [0.1, 0.15) is 18.1 Å². The van der Waals surface area contributed by atoms with Crippen LogP contribution in [0.15, 0.2) is 53.4 Å². The number of ether oxygens (including phenoxy) is 1. The predicted octanol–water partition coefficient (Wildman–Crippen LogP) is 1.31. The molecule has 1 atom stereocenters. The lowest BCUT2D eigenvalue weighted by molar-refractivity contribution is -0.154.